The molecule has 1 N–H and O–H groups in total. The molecule has 1 saturated heterocycles. The molecule has 0 amide bonds. The Hall–Kier alpha value is -1.70. The molecule has 1 aliphatic rings. The summed E-state index contributed by atoms with van der Waals surface area (Å²) in [6.07, 6.45) is 2.03. The Morgan fingerprint density at radius 1 is 1.46 bits per heavy atom. The summed E-state index contributed by atoms with van der Waals surface area (Å²) in [5, 5.41) is 3.93. The number of esters is 1. The third-order valence-electron chi connectivity index (χ3n) is 3.87. The standard InChI is InChI=1S/C16H16ClN3O2S2/c1-22-13(21)7-9-20-15(11-5-6-12(17)24-11)14(19-16(20)23)10-4-2-3-8-18-10/h2-6,8,14-15H,7,9H2,1H3,(H,19,23)/t14-,15-/m1/s1. The molecule has 24 heavy (non-hydrogen) atoms. The van der Waals surface area contributed by atoms with Gasteiger partial charge in [0.2, 0.25) is 0 Å². The van der Waals surface area contributed by atoms with Crippen molar-refractivity contribution in [1.29, 1.82) is 0 Å². The van der Waals surface area contributed by atoms with Crippen molar-refractivity contribution in [3.63, 3.8) is 0 Å². The fourth-order valence-corrected chi connectivity index (χ4v) is 4.30. The number of thiophene rings is 1. The van der Waals surface area contributed by atoms with Crippen molar-refractivity contribution in [1.82, 2.24) is 15.2 Å². The van der Waals surface area contributed by atoms with E-state index in [9.17, 15) is 4.79 Å². The first-order chi connectivity index (χ1) is 11.6. The van der Waals surface area contributed by atoms with Gasteiger partial charge in [-0.1, -0.05) is 17.7 Å². The third kappa shape index (κ3) is 3.53. The van der Waals surface area contributed by atoms with Crippen LogP contribution >= 0.6 is 35.2 Å². The number of aromatic nitrogens is 1. The summed E-state index contributed by atoms with van der Waals surface area (Å²) in [6, 6.07) is 9.50. The molecule has 2 atom stereocenters. The van der Waals surface area contributed by atoms with Gasteiger partial charge >= 0.3 is 5.97 Å². The quantitative estimate of drug-likeness (QED) is 0.633. The van der Waals surface area contributed by atoms with Gasteiger partial charge in [-0.2, -0.15) is 0 Å². The summed E-state index contributed by atoms with van der Waals surface area (Å²) in [4.78, 5) is 19.1. The SMILES string of the molecule is COC(=O)CCN1C(=S)N[C@H](c2ccccn2)[C@H]1c1ccc(Cl)s1. The average Bonchev–Trinajstić information content (AvgIpc) is 3.16. The lowest BCUT2D eigenvalue weighted by atomic mass is 10.0. The molecule has 1 fully saturated rings. The van der Waals surface area contributed by atoms with Crippen LogP contribution in [0.5, 0.6) is 0 Å². The minimum atomic E-state index is -0.262. The maximum absolute atomic E-state index is 11.5. The highest BCUT2D eigenvalue weighted by Crippen LogP contribution is 2.42. The highest BCUT2D eigenvalue weighted by atomic mass is 35.5. The second-order valence-electron chi connectivity index (χ2n) is 5.29. The van der Waals surface area contributed by atoms with Crippen molar-refractivity contribution < 1.29 is 9.53 Å². The van der Waals surface area contributed by atoms with Gasteiger partial charge < -0.3 is 15.0 Å². The van der Waals surface area contributed by atoms with Gasteiger partial charge in [0.05, 0.1) is 35.6 Å². The van der Waals surface area contributed by atoms with Crippen molar-refractivity contribution >= 4 is 46.2 Å². The molecule has 0 aliphatic carbocycles. The molecule has 0 spiro atoms. The van der Waals surface area contributed by atoms with E-state index in [1.807, 2.05) is 35.2 Å². The maximum atomic E-state index is 11.5. The van der Waals surface area contributed by atoms with Gasteiger partial charge in [-0.05, 0) is 36.5 Å². The van der Waals surface area contributed by atoms with E-state index in [4.69, 9.17) is 28.6 Å². The number of hydrogen-bond acceptors (Lipinski definition) is 5. The number of thiocarbonyl (C=S) groups is 1. The number of halogens is 1. The largest absolute Gasteiger partial charge is 0.469 e. The summed E-state index contributed by atoms with van der Waals surface area (Å²) >= 11 is 13.1. The Balaban J connectivity index is 1.92. The number of ether oxygens (including phenoxy) is 1. The average molecular weight is 382 g/mol. The van der Waals surface area contributed by atoms with Gasteiger partial charge in [0.1, 0.15) is 0 Å². The van der Waals surface area contributed by atoms with Crippen LogP contribution in [-0.2, 0) is 9.53 Å². The molecule has 3 heterocycles. The van der Waals surface area contributed by atoms with E-state index in [1.54, 1.807) is 6.20 Å². The molecule has 1 aliphatic heterocycles. The van der Waals surface area contributed by atoms with Gasteiger partial charge in [0, 0.05) is 17.6 Å². The van der Waals surface area contributed by atoms with Crippen LogP contribution in [-0.4, -0.2) is 34.6 Å². The zero-order chi connectivity index (χ0) is 17.1. The van der Waals surface area contributed by atoms with Gasteiger partial charge in [-0.3, -0.25) is 9.78 Å². The molecule has 0 aromatic carbocycles. The van der Waals surface area contributed by atoms with Crippen LogP contribution in [0.25, 0.3) is 0 Å². The van der Waals surface area contributed by atoms with Crippen molar-refractivity contribution in [2.75, 3.05) is 13.7 Å². The minimum Gasteiger partial charge on any atom is -0.469 e. The van der Waals surface area contributed by atoms with Crippen LogP contribution in [0.4, 0.5) is 0 Å². The Kier molecular flexibility index (Phi) is 5.33. The molecule has 0 unspecified atom stereocenters. The normalized spacial score (nSPS) is 20.1. The summed E-state index contributed by atoms with van der Waals surface area (Å²) in [5.41, 5.74) is 0.898. The Morgan fingerprint density at radius 3 is 2.92 bits per heavy atom. The number of carbonyl (C=O) groups excluding carboxylic acids is 1. The molecule has 2 aromatic rings. The van der Waals surface area contributed by atoms with Crippen molar-refractivity contribution in [3.8, 4) is 0 Å². The van der Waals surface area contributed by atoms with Gasteiger partial charge in [-0.15, -0.1) is 11.3 Å². The second-order valence-corrected chi connectivity index (χ2v) is 7.42. The van der Waals surface area contributed by atoms with Crippen molar-refractivity contribution in [2.45, 2.75) is 18.5 Å². The smallest absolute Gasteiger partial charge is 0.307 e. The van der Waals surface area contributed by atoms with Crippen LogP contribution < -0.4 is 5.32 Å². The molecule has 0 saturated carbocycles. The van der Waals surface area contributed by atoms with Crippen LogP contribution in [0, 0.1) is 0 Å². The predicted octanol–water partition coefficient (Wildman–Crippen LogP) is 3.33. The second kappa shape index (κ2) is 7.46. The molecular formula is C16H16ClN3O2S2. The summed E-state index contributed by atoms with van der Waals surface area (Å²) in [6.45, 7) is 0.474. The first-order valence-corrected chi connectivity index (χ1v) is 9.00. The summed E-state index contributed by atoms with van der Waals surface area (Å²) in [7, 11) is 1.39. The molecule has 8 heteroatoms. The topological polar surface area (TPSA) is 54.5 Å². The minimum absolute atomic E-state index is 0.0606. The van der Waals surface area contributed by atoms with Crippen molar-refractivity contribution in [2.24, 2.45) is 0 Å². The lowest BCUT2D eigenvalue weighted by Gasteiger charge is -2.26. The molecule has 5 nitrogen and oxygen atoms in total. The Labute approximate surface area is 154 Å². The van der Waals surface area contributed by atoms with Gasteiger partial charge in [0.25, 0.3) is 0 Å². The summed E-state index contributed by atoms with van der Waals surface area (Å²) < 4.78 is 5.46. The lowest BCUT2D eigenvalue weighted by Crippen LogP contribution is -2.31. The number of carbonyl (C=O) groups is 1. The first kappa shape index (κ1) is 17.1. The number of nitrogens with zero attached hydrogens (tertiary/aromatic N) is 2. The van der Waals surface area contributed by atoms with E-state index >= 15 is 0 Å². The molecule has 3 rings (SSSR count). The van der Waals surface area contributed by atoms with Crippen molar-refractivity contribution in [3.05, 3.63) is 51.4 Å². The number of pyridine rings is 1. The molecule has 0 radical (unpaired) electrons. The van der Waals surface area contributed by atoms with Crippen LogP contribution in [0.2, 0.25) is 4.34 Å². The highest BCUT2D eigenvalue weighted by molar-refractivity contribution is 7.80. The Morgan fingerprint density at radius 2 is 2.29 bits per heavy atom. The van der Waals surface area contributed by atoms with Crippen LogP contribution in [0.3, 0.4) is 0 Å². The van der Waals surface area contributed by atoms with E-state index in [0.29, 0.717) is 11.7 Å². The van der Waals surface area contributed by atoms with E-state index in [2.05, 4.69) is 10.3 Å². The molecule has 0 bridgehead atoms. The zero-order valence-corrected chi connectivity index (χ0v) is 15.3. The fourth-order valence-electron chi connectivity index (χ4n) is 2.76. The van der Waals surface area contributed by atoms with Gasteiger partial charge in [0.15, 0.2) is 5.11 Å². The molecular weight excluding hydrogens is 366 g/mol. The summed E-state index contributed by atoms with van der Waals surface area (Å²) in [5.74, 6) is -0.262. The van der Waals surface area contributed by atoms with Gasteiger partial charge in [-0.25, -0.2) is 0 Å². The van der Waals surface area contributed by atoms with E-state index in [-0.39, 0.29) is 24.5 Å². The number of rotatable bonds is 5. The number of nitrogens with one attached hydrogen (secondary N) is 1. The maximum Gasteiger partial charge on any atom is 0.307 e. The van der Waals surface area contributed by atoms with Crippen LogP contribution in [0.1, 0.15) is 29.1 Å². The van der Waals surface area contributed by atoms with E-state index in [0.717, 1.165) is 14.9 Å². The highest BCUT2D eigenvalue weighted by Gasteiger charge is 2.40. The predicted molar refractivity (Wildman–Crippen MR) is 98.1 cm³/mol. The number of methoxy groups -OCH3 is 1. The molecule has 2 aromatic heterocycles. The molecule has 126 valence electrons. The fraction of sp³-hybridized carbons (Fsp3) is 0.312. The third-order valence-corrected chi connectivity index (χ3v) is 5.52. The lowest BCUT2D eigenvalue weighted by molar-refractivity contribution is -0.140. The monoisotopic (exact) mass is 381 g/mol. The first-order valence-electron chi connectivity index (χ1n) is 7.40. The van der Waals surface area contributed by atoms with Crippen LogP contribution in [0.15, 0.2) is 36.5 Å². The Bertz CT molecular complexity index is 738. The zero-order valence-electron chi connectivity index (χ0n) is 12.9. The number of hydrogen-bond donors (Lipinski definition) is 1. The van der Waals surface area contributed by atoms with E-state index < -0.39 is 0 Å². The van der Waals surface area contributed by atoms with E-state index in [1.165, 1.54) is 18.4 Å².